The first-order chi connectivity index (χ1) is 13.4. The van der Waals surface area contributed by atoms with Crippen LogP contribution in [0.5, 0.6) is 0 Å². The number of primary amides is 1. The third-order valence-corrected chi connectivity index (χ3v) is 5.78. The first-order valence-electron chi connectivity index (χ1n) is 8.49. The van der Waals surface area contributed by atoms with Crippen molar-refractivity contribution in [2.45, 2.75) is 16.9 Å². The average molecular weight is 415 g/mol. The number of hydrogen-bond donors (Lipinski definition) is 3. The van der Waals surface area contributed by atoms with Gasteiger partial charge in [-0.2, -0.15) is 0 Å². The smallest absolute Gasteiger partial charge is 0.248 e. The van der Waals surface area contributed by atoms with E-state index in [-0.39, 0.29) is 15.5 Å². The van der Waals surface area contributed by atoms with Gasteiger partial charge in [-0.25, -0.2) is 4.21 Å². The van der Waals surface area contributed by atoms with E-state index in [9.17, 15) is 13.6 Å². The van der Waals surface area contributed by atoms with Gasteiger partial charge in [-0.05, 0) is 28.8 Å². The topological polar surface area (TPSA) is 106 Å². The minimum Gasteiger partial charge on any atom is -0.366 e. The summed E-state index contributed by atoms with van der Waals surface area (Å²) >= 11 is 3.87. The number of benzene rings is 3. The van der Waals surface area contributed by atoms with Gasteiger partial charge in [-0.3, -0.25) is 4.79 Å². The zero-order valence-electron chi connectivity index (χ0n) is 14.8. The van der Waals surface area contributed by atoms with Gasteiger partial charge in [0.2, 0.25) is 5.91 Å². The van der Waals surface area contributed by atoms with Crippen LogP contribution in [0.1, 0.15) is 39.0 Å². The van der Waals surface area contributed by atoms with E-state index in [1.807, 2.05) is 60.7 Å². The Morgan fingerprint density at radius 2 is 1.50 bits per heavy atom. The van der Waals surface area contributed by atoms with Crippen LogP contribution < -0.4 is 11.5 Å². The van der Waals surface area contributed by atoms with Gasteiger partial charge in [-0.1, -0.05) is 72.3 Å². The summed E-state index contributed by atoms with van der Waals surface area (Å²) in [5.74, 6) is -1.20. The Hall–Kier alpha value is -2.51. The number of hydrogen-bond acceptors (Lipinski definition) is 3. The van der Waals surface area contributed by atoms with Crippen molar-refractivity contribution >= 4 is 28.6 Å². The van der Waals surface area contributed by atoms with Crippen LogP contribution in [0.4, 0.5) is 0 Å². The summed E-state index contributed by atoms with van der Waals surface area (Å²) in [5, 5.41) is -0.00618. The van der Waals surface area contributed by atoms with Gasteiger partial charge >= 0.3 is 0 Å². The van der Waals surface area contributed by atoms with Crippen LogP contribution in [0, 0.1) is 0 Å². The van der Waals surface area contributed by atoms with E-state index >= 15 is 0 Å². The monoisotopic (exact) mass is 414 g/mol. The molecule has 0 aliphatic heterocycles. The third-order valence-electron chi connectivity index (χ3n) is 4.57. The fourth-order valence-electron chi connectivity index (χ4n) is 3.28. The maximum atomic E-state index is 12.1. The molecule has 3 atom stereocenters. The summed E-state index contributed by atoms with van der Waals surface area (Å²) in [6, 6.07) is 21.0. The fraction of sp³-hybridized carbons (Fsp3) is 0.0952. The van der Waals surface area contributed by atoms with Crippen LogP contribution in [0.25, 0.3) is 0 Å². The summed E-state index contributed by atoms with van der Waals surface area (Å²) in [6.07, 6.45) is 0. The van der Waals surface area contributed by atoms with Crippen LogP contribution in [0.3, 0.4) is 0 Å². The van der Waals surface area contributed by atoms with E-state index in [1.54, 1.807) is 0 Å². The number of nitrogens with two attached hydrogens (primary N) is 2. The second kappa shape index (κ2) is 8.67. The van der Waals surface area contributed by atoms with Crippen molar-refractivity contribution in [2.75, 3.05) is 0 Å². The first-order valence-corrected chi connectivity index (χ1v) is 9.98. The molecule has 0 bridgehead atoms. The number of carbonyl (C=O) groups excluding carboxylic acids is 1. The van der Waals surface area contributed by atoms with E-state index < -0.39 is 28.9 Å². The first kappa shape index (κ1) is 20.2. The molecule has 0 aliphatic rings. The molecule has 0 heterocycles. The van der Waals surface area contributed by atoms with Crippen LogP contribution in [-0.4, -0.2) is 14.7 Å². The molecule has 144 valence electrons. The minimum absolute atomic E-state index is 0.00618. The summed E-state index contributed by atoms with van der Waals surface area (Å²) in [7, 11) is 0. The SMILES string of the molecule is NC(=O)c1cc(Cl)c(S(=O)O)c([C@@H](c2ccccc2)[C@@H](N)c2ccccc2)c1. The molecule has 1 unspecified atom stereocenters. The van der Waals surface area contributed by atoms with Crippen molar-refractivity contribution in [3.8, 4) is 0 Å². The Bertz CT molecular complexity index is 1010. The molecular weight excluding hydrogens is 396 g/mol. The van der Waals surface area contributed by atoms with E-state index in [0.717, 1.165) is 11.1 Å². The van der Waals surface area contributed by atoms with Crippen molar-refractivity contribution in [2.24, 2.45) is 11.5 Å². The van der Waals surface area contributed by atoms with E-state index in [4.69, 9.17) is 23.1 Å². The fourth-order valence-corrected chi connectivity index (χ4v) is 4.32. The Kier molecular flexibility index (Phi) is 6.26. The number of halogens is 1. The summed E-state index contributed by atoms with van der Waals surface area (Å²) < 4.78 is 22.0. The Labute approximate surface area is 170 Å². The maximum Gasteiger partial charge on any atom is 0.248 e. The maximum absolute atomic E-state index is 12.1. The molecule has 3 rings (SSSR count). The van der Waals surface area contributed by atoms with Gasteiger partial charge in [0.05, 0.1) is 9.92 Å². The number of carbonyl (C=O) groups is 1. The molecule has 0 saturated carbocycles. The Balaban J connectivity index is 2.29. The average Bonchev–Trinajstić information content (AvgIpc) is 2.69. The van der Waals surface area contributed by atoms with Crippen LogP contribution >= 0.6 is 11.6 Å². The van der Waals surface area contributed by atoms with Crippen molar-refractivity contribution in [1.82, 2.24) is 0 Å². The second-order valence-corrected chi connectivity index (χ2v) is 7.63. The molecule has 7 heteroatoms. The molecule has 3 aromatic carbocycles. The van der Waals surface area contributed by atoms with Gasteiger partial charge in [-0.15, -0.1) is 0 Å². The van der Waals surface area contributed by atoms with Gasteiger partial charge in [0.25, 0.3) is 0 Å². The van der Waals surface area contributed by atoms with Crippen LogP contribution in [-0.2, 0) is 11.1 Å². The zero-order chi connectivity index (χ0) is 20.3. The summed E-state index contributed by atoms with van der Waals surface area (Å²) in [4.78, 5) is 11.8. The Morgan fingerprint density at radius 3 is 2.00 bits per heavy atom. The lowest BCUT2D eigenvalue weighted by atomic mass is 9.81. The minimum atomic E-state index is -2.38. The predicted octanol–water partition coefficient (Wildman–Crippen LogP) is 3.85. The van der Waals surface area contributed by atoms with Crippen molar-refractivity contribution in [1.29, 1.82) is 0 Å². The van der Waals surface area contributed by atoms with Gasteiger partial charge in [0.15, 0.2) is 11.1 Å². The highest BCUT2D eigenvalue weighted by Gasteiger charge is 2.29. The third kappa shape index (κ3) is 4.15. The van der Waals surface area contributed by atoms with Crippen molar-refractivity contribution in [3.05, 3.63) is 100 Å². The van der Waals surface area contributed by atoms with Crippen LogP contribution in [0.2, 0.25) is 5.02 Å². The molecule has 0 aromatic heterocycles. The second-order valence-electron chi connectivity index (χ2n) is 6.31. The normalized spacial score (nSPS) is 14.2. The van der Waals surface area contributed by atoms with Gasteiger partial charge in [0.1, 0.15) is 0 Å². The highest BCUT2D eigenvalue weighted by Crippen LogP contribution is 2.40. The number of amides is 1. The molecule has 0 aliphatic carbocycles. The standard InChI is InChI=1S/C21H19ClN2O3S/c22-17-12-15(21(24)25)11-16(20(17)28(26)27)18(13-7-3-1-4-8-13)19(23)14-9-5-2-6-10-14/h1-12,18-19H,23H2,(H2,24,25)(H,26,27)/t18-,19+/m1/s1. The predicted molar refractivity (Wildman–Crippen MR) is 111 cm³/mol. The molecule has 5 N–H and O–H groups in total. The lowest BCUT2D eigenvalue weighted by Crippen LogP contribution is -2.23. The lowest BCUT2D eigenvalue weighted by Gasteiger charge is -2.27. The number of rotatable bonds is 6. The molecule has 0 radical (unpaired) electrons. The van der Waals surface area contributed by atoms with E-state index in [0.29, 0.717) is 5.56 Å². The van der Waals surface area contributed by atoms with Crippen molar-refractivity contribution < 1.29 is 13.6 Å². The molecule has 0 fully saturated rings. The van der Waals surface area contributed by atoms with Crippen molar-refractivity contribution in [3.63, 3.8) is 0 Å². The summed E-state index contributed by atoms with van der Waals surface area (Å²) in [6.45, 7) is 0. The van der Waals surface area contributed by atoms with Crippen LogP contribution in [0.15, 0.2) is 77.7 Å². The molecule has 0 saturated heterocycles. The highest BCUT2D eigenvalue weighted by molar-refractivity contribution is 7.79. The molecule has 5 nitrogen and oxygen atoms in total. The van der Waals surface area contributed by atoms with Gasteiger partial charge < -0.3 is 16.0 Å². The Morgan fingerprint density at radius 1 is 0.964 bits per heavy atom. The molecular formula is C21H19ClN2O3S. The quantitative estimate of drug-likeness (QED) is 0.532. The van der Waals surface area contributed by atoms with E-state index in [2.05, 4.69) is 0 Å². The molecule has 1 amide bonds. The molecule has 3 aromatic rings. The van der Waals surface area contributed by atoms with Gasteiger partial charge in [0, 0.05) is 17.5 Å². The summed E-state index contributed by atoms with van der Waals surface area (Å²) in [5.41, 5.74) is 14.2. The van der Waals surface area contributed by atoms with E-state index in [1.165, 1.54) is 12.1 Å². The highest BCUT2D eigenvalue weighted by atomic mass is 35.5. The zero-order valence-corrected chi connectivity index (χ0v) is 16.4. The molecule has 0 spiro atoms. The lowest BCUT2D eigenvalue weighted by molar-refractivity contribution is 0.1000. The molecule has 28 heavy (non-hydrogen) atoms. The largest absolute Gasteiger partial charge is 0.366 e.